The molecule has 1 N–H and O–H groups in total. The molecule has 2 atom stereocenters. The molecule has 0 spiro atoms. The number of likely N-dealkylation sites (N-methyl/N-ethyl adjacent to an activating group) is 1. The van der Waals surface area contributed by atoms with Gasteiger partial charge < -0.3 is 10.2 Å². The molecule has 0 saturated carbocycles. The van der Waals surface area contributed by atoms with Gasteiger partial charge >= 0.3 is 0 Å². The molecule has 0 fully saturated rings. The number of amides is 2. The number of fused-ring (bicyclic) bond motifs is 1. The maximum Gasteiger partial charge on any atom is 0.255 e. The van der Waals surface area contributed by atoms with E-state index in [1.807, 2.05) is 44.2 Å². The lowest BCUT2D eigenvalue weighted by atomic mass is 10.0. The van der Waals surface area contributed by atoms with Crippen molar-refractivity contribution in [1.29, 1.82) is 0 Å². The molecule has 0 bridgehead atoms. The molecule has 0 aliphatic carbocycles. The zero-order valence-corrected chi connectivity index (χ0v) is 14.4. The van der Waals surface area contributed by atoms with Crippen LogP contribution >= 0.6 is 11.6 Å². The standard InChI is InChI=1S/C19H19ClN2O2/c1-3-21-18(23)17-16-11-14(20)9-10-15(16)19(24)22(17)12(2)13-7-5-4-6-8-13/h4-12,17H,3H2,1-2H3,(H,21,23)/t12?,17-/m1/s1. The molecule has 1 aliphatic heterocycles. The lowest BCUT2D eigenvalue weighted by Crippen LogP contribution is -2.40. The first-order valence-electron chi connectivity index (χ1n) is 7.99. The van der Waals surface area contributed by atoms with Gasteiger partial charge in [-0.25, -0.2) is 0 Å². The van der Waals surface area contributed by atoms with E-state index in [2.05, 4.69) is 5.32 Å². The van der Waals surface area contributed by atoms with Crippen LogP contribution in [0.25, 0.3) is 0 Å². The third-order valence-electron chi connectivity index (χ3n) is 4.35. The first-order valence-corrected chi connectivity index (χ1v) is 8.37. The summed E-state index contributed by atoms with van der Waals surface area (Å²) in [6.45, 7) is 4.30. The predicted octanol–water partition coefficient (Wildman–Crippen LogP) is 3.73. The monoisotopic (exact) mass is 342 g/mol. The van der Waals surface area contributed by atoms with Gasteiger partial charge in [0.1, 0.15) is 6.04 Å². The Morgan fingerprint density at radius 2 is 1.96 bits per heavy atom. The Morgan fingerprint density at radius 1 is 1.25 bits per heavy atom. The van der Waals surface area contributed by atoms with E-state index in [-0.39, 0.29) is 17.9 Å². The first kappa shape index (κ1) is 16.5. The molecule has 1 unspecified atom stereocenters. The average Bonchev–Trinajstić information content (AvgIpc) is 2.87. The van der Waals surface area contributed by atoms with Crippen LogP contribution in [0.3, 0.4) is 0 Å². The quantitative estimate of drug-likeness (QED) is 0.920. The molecule has 2 amide bonds. The minimum atomic E-state index is -0.665. The highest BCUT2D eigenvalue weighted by Crippen LogP contribution is 2.40. The summed E-state index contributed by atoms with van der Waals surface area (Å²) >= 11 is 6.10. The zero-order valence-electron chi connectivity index (χ0n) is 13.6. The van der Waals surface area contributed by atoms with Crippen molar-refractivity contribution < 1.29 is 9.59 Å². The molecule has 3 rings (SSSR count). The second-order valence-electron chi connectivity index (χ2n) is 5.83. The molecule has 124 valence electrons. The topological polar surface area (TPSA) is 49.4 Å². The van der Waals surface area contributed by atoms with Crippen molar-refractivity contribution in [2.24, 2.45) is 0 Å². The number of benzene rings is 2. The molecule has 0 radical (unpaired) electrons. The normalized spacial score (nSPS) is 17.5. The van der Waals surface area contributed by atoms with Crippen LogP contribution < -0.4 is 5.32 Å². The molecule has 5 heteroatoms. The van der Waals surface area contributed by atoms with E-state index in [9.17, 15) is 9.59 Å². The predicted molar refractivity (Wildman–Crippen MR) is 93.9 cm³/mol. The molecule has 2 aromatic carbocycles. The van der Waals surface area contributed by atoms with Crippen molar-refractivity contribution >= 4 is 23.4 Å². The van der Waals surface area contributed by atoms with Gasteiger partial charge in [0, 0.05) is 17.1 Å². The Balaban J connectivity index is 2.07. The van der Waals surface area contributed by atoms with Crippen molar-refractivity contribution in [2.45, 2.75) is 25.9 Å². The molecule has 0 aromatic heterocycles. The second kappa shape index (κ2) is 6.65. The van der Waals surface area contributed by atoms with E-state index in [0.29, 0.717) is 22.7 Å². The van der Waals surface area contributed by atoms with Crippen LogP contribution in [0.5, 0.6) is 0 Å². The fourth-order valence-electron chi connectivity index (χ4n) is 3.19. The number of hydrogen-bond donors (Lipinski definition) is 1. The highest BCUT2D eigenvalue weighted by Gasteiger charge is 2.43. The van der Waals surface area contributed by atoms with Crippen molar-refractivity contribution in [3.63, 3.8) is 0 Å². The van der Waals surface area contributed by atoms with E-state index in [1.54, 1.807) is 23.1 Å². The summed E-state index contributed by atoms with van der Waals surface area (Å²) in [5.41, 5.74) is 2.19. The lowest BCUT2D eigenvalue weighted by molar-refractivity contribution is -0.126. The van der Waals surface area contributed by atoms with Crippen LogP contribution in [0.15, 0.2) is 48.5 Å². The van der Waals surface area contributed by atoms with E-state index < -0.39 is 6.04 Å². The number of nitrogens with zero attached hydrogens (tertiary/aromatic N) is 1. The van der Waals surface area contributed by atoms with Crippen molar-refractivity contribution in [2.75, 3.05) is 6.54 Å². The van der Waals surface area contributed by atoms with Gasteiger partial charge in [0.05, 0.1) is 6.04 Å². The molecular weight excluding hydrogens is 324 g/mol. The highest BCUT2D eigenvalue weighted by atomic mass is 35.5. The third-order valence-corrected chi connectivity index (χ3v) is 4.58. The summed E-state index contributed by atoms with van der Waals surface area (Å²) in [5, 5.41) is 3.35. The van der Waals surface area contributed by atoms with Gasteiger partial charge in [-0.2, -0.15) is 0 Å². The Bertz CT molecular complexity index is 776. The first-order chi connectivity index (χ1) is 11.5. The van der Waals surface area contributed by atoms with Gasteiger partial charge in [0.2, 0.25) is 5.91 Å². The Morgan fingerprint density at radius 3 is 2.62 bits per heavy atom. The fraction of sp³-hybridized carbons (Fsp3) is 0.263. The Kier molecular flexibility index (Phi) is 4.58. The zero-order chi connectivity index (χ0) is 17.3. The number of rotatable bonds is 4. The molecular formula is C19H19ClN2O2. The Hall–Kier alpha value is -2.33. The van der Waals surface area contributed by atoms with Gasteiger partial charge in [-0.15, -0.1) is 0 Å². The maximum absolute atomic E-state index is 12.9. The summed E-state index contributed by atoms with van der Waals surface area (Å²) in [7, 11) is 0. The molecule has 0 saturated heterocycles. The molecule has 2 aromatic rings. The van der Waals surface area contributed by atoms with Crippen molar-refractivity contribution in [3.8, 4) is 0 Å². The van der Waals surface area contributed by atoms with Crippen LogP contribution in [0.4, 0.5) is 0 Å². The van der Waals surface area contributed by atoms with E-state index >= 15 is 0 Å². The minimum absolute atomic E-state index is 0.144. The summed E-state index contributed by atoms with van der Waals surface area (Å²) in [5.74, 6) is -0.330. The number of hydrogen-bond acceptors (Lipinski definition) is 2. The van der Waals surface area contributed by atoms with Crippen LogP contribution in [-0.4, -0.2) is 23.3 Å². The number of halogens is 1. The van der Waals surface area contributed by atoms with Crippen LogP contribution in [0.2, 0.25) is 5.02 Å². The smallest absolute Gasteiger partial charge is 0.255 e. The minimum Gasteiger partial charge on any atom is -0.354 e. The number of carbonyl (C=O) groups excluding carboxylic acids is 2. The second-order valence-corrected chi connectivity index (χ2v) is 6.26. The summed E-state index contributed by atoms with van der Waals surface area (Å²) in [6.07, 6.45) is 0. The van der Waals surface area contributed by atoms with Crippen LogP contribution in [0.1, 0.15) is 47.4 Å². The molecule has 24 heavy (non-hydrogen) atoms. The van der Waals surface area contributed by atoms with Gasteiger partial charge in [-0.05, 0) is 43.2 Å². The largest absolute Gasteiger partial charge is 0.354 e. The van der Waals surface area contributed by atoms with Gasteiger partial charge in [-0.3, -0.25) is 9.59 Å². The number of nitrogens with one attached hydrogen (secondary N) is 1. The van der Waals surface area contributed by atoms with Crippen molar-refractivity contribution in [1.82, 2.24) is 10.2 Å². The average molecular weight is 343 g/mol. The van der Waals surface area contributed by atoms with Crippen LogP contribution in [-0.2, 0) is 4.79 Å². The lowest BCUT2D eigenvalue weighted by Gasteiger charge is -2.30. The van der Waals surface area contributed by atoms with Crippen molar-refractivity contribution in [3.05, 3.63) is 70.2 Å². The van der Waals surface area contributed by atoms with E-state index in [4.69, 9.17) is 11.6 Å². The molecule has 1 heterocycles. The van der Waals surface area contributed by atoms with E-state index in [1.165, 1.54) is 0 Å². The molecule has 4 nitrogen and oxygen atoms in total. The SMILES string of the molecule is CCNC(=O)[C@H]1c2cc(Cl)ccc2C(=O)N1C(C)c1ccccc1. The fourth-order valence-corrected chi connectivity index (χ4v) is 3.37. The highest BCUT2D eigenvalue weighted by molar-refractivity contribution is 6.31. The summed E-state index contributed by atoms with van der Waals surface area (Å²) in [4.78, 5) is 27.2. The summed E-state index contributed by atoms with van der Waals surface area (Å²) < 4.78 is 0. The summed E-state index contributed by atoms with van der Waals surface area (Å²) in [6, 6.07) is 13.9. The number of carbonyl (C=O) groups is 2. The molecule has 1 aliphatic rings. The maximum atomic E-state index is 12.9. The van der Waals surface area contributed by atoms with Gasteiger partial charge in [0.25, 0.3) is 5.91 Å². The third kappa shape index (κ3) is 2.78. The van der Waals surface area contributed by atoms with Gasteiger partial charge in [-0.1, -0.05) is 41.9 Å². The van der Waals surface area contributed by atoms with Crippen LogP contribution in [0, 0.1) is 0 Å². The van der Waals surface area contributed by atoms with Gasteiger partial charge in [0.15, 0.2) is 0 Å². The Labute approximate surface area is 146 Å². The van der Waals surface area contributed by atoms with E-state index in [0.717, 1.165) is 5.56 Å².